The van der Waals surface area contributed by atoms with Gasteiger partial charge >= 0.3 is 11.6 Å². The van der Waals surface area contributed by atoms with Gasteiger partial charge in [-0.1, -0.05) is 71.8 Å². The number of phenols is 1. The van der Waals surface area contributed by atoms with Crippen LogP contribution < -0.4 is 42.3 Å². The van der Waals surface area contributed by atoms with E-state index >= 15 is 0 Å². The van der Waals surface area contributed by atoms with Gasteiger partial charge in [0.05, 0.1) is 65.6 Å². The van der Waals surface area contributed by atoms with Gasteiger partial charge in [-0.15, -0.1) is 0 Å². The predicted molar refractivity (Wildman–Crippen MR) is 502 cm³/mol. The standard InChI is InChI=1S/C35H37ClN2O11.C34H24N6O2.C29H24N6O3.5H2/c1-16(2)7-9-18-15-19(10-13-22(18)39)31(42)38-25-26(40)20-11-14-23(24(36)28(20)47-33(25)44)46-34-27(41)29(30(45-6)35(4,5)49-34)48-32(43)21-12-8-17(3)37-21;41-33(35-25-9-5-7-23(19-25)31-37-27-11-1-2-12-28(27)38-31)21-15-17-22(18-16-21)34(42)36-26-10-6-8-24(20-26)32-39-29-13-3-4-14-30(29)40-32;1-33-16-13-24(14-17-33)30-21-7-9-23(10-8-21)32-29(36)20-3-5-22(6-4-20)31-27-15-18-34(2)28-12-11-25(35(37)38)19-26(27)28;;;;;/h7-8,10-15,27,29-30,34,37,39-41H,9H2,1-6H3,(H,38,42);1-20H,(H,35,41)(H,36,42)(H,37,38)(H,39,40);3-19H,1-2H3,(H,32,36);5*1H/t27-,29+,30-,34-;;;;;;;/m1......./s1. The van der Waals surface area contributed by atoms with Crippen LogP contribution in [-0.2, 0) is 34.7 Å². The summed E-state index contributed by atoms with van der Waals surface area (Å²) < 4.78 is 32.4. The number of aryl methyl sites for hydroxylation is 3. The van der Waals surface area contributed by atoms with E-state index in [0.29, 0.717) is 62.2 Å². The van der Waals surface area contributed by atoms with E-state index in [1.165, 1.54) is 49.6 Å². The van der Waals surface area contributed by atoms with Crippen molar-refractivity contribution in [2.24, 2.45) is 24.1 Å². The number of amides is 4. The summed E-state index contributed by atoms with van der Waals surface area (Å²) in [5, 5.41) is 56.8. The Hall–Kier alpha value is -16.2. The number of rotatable bonds is 20. The number of hydrogen-bond acceptors (Lipinski definition) is 20. The number of aliphatic hydroxyl groups excluding tert-OH is 1. The molecule has 0 unspecified atom stereocenters. The number of aliphatic hydroxyl groups is 1. The maximum Gasteiger partial charge on any atom is 0.364 e. The van der Waals surface area contributed by atoms with Crippen molar-refractivity contribution in [3.63, 3.8) is 0 Å². The smallest absolute Gasteiger partial charge is 0.364 e. The lowest BCUT2D eigenvalue weighted by Crippen LogP contribution is -2.65. The number of aromatic amines is 3. The number of hydrogen-bond donors (Lipinski definition) is 10. The Balaban J connectivity index is 0.000000206. The van der Waals surface area contributed by atoms with Gasteiger partial charge in [0.25, 0.3) is 29.3 Å². The fourth-order valence-electron chi connectivity index (χ4n) is 14.3. The highest BCUT2D eigenvalue weighted by atomic mass is 35.5. The molecule has 660 valence electrons. The monoisotopic (exact) mass is 1760 g/mol. The van der Waals surface area contributed by atoms with E-state index in [1.807, 2.05) is 195 Å². The molecule has 4 atom stereocenters. The number of non-ortho nitro benzene ring substituents is 1. The van der Waals surface area contributed by atoms with Crippen molar-refractivity contribution >= 4 is 125 Å². The third-order valence-corrected chi connectivity index (χ3v) is 21.4. The Bertz CT molecular complexity index is 7050. The number of H-pyrrole nitrogens is 3. The Kier molecular flexibility index (Phi) is 25.9. The number of fused-ring (bicyclic) bond motifs is 4. The molecule has 6 aromatic heterocycles. The second-order valence-electron chi connectivity index (χ2n) is 31.0. The maximum atomic E-state index is 13.1. The van der Waals surface area contributed by atoms with E-state index in [9.17, 15) is 54.2 Å². The van der Waals surface area contributed by atoms with E-state index < -0.39 is 64.1 Å². The predicted octanol–water partition coefficient (Wildman–Crippen LogP) is 19.0. The number of ether oxygens (including phenoxy) is 4. The Morgan fingerprint density at radius 3 is 1.77 bits per heavy atom. The number of pyridine rings is 2. The molecule has 0 aliphatic carbocycles. The number of methoxy groups -OCH3 is 1. The number of halogens is 1. The summed E-state index contributed by atoms with van der Waals surface area (Å²) in [5.74, 6) is -1.50. The zero-order chi connectivity index (χ0) is 90.9. The van der Waals surface area contributed by atoms with Gasteiger partial charge in [-0.3, -0.25) is 29.3 Å². The SMILES string of the molecule is CO[C@@H]1[C@@H](OC(=O)c2ccc(C)[nH]2)[C@@H](O)[C@H](Oc2ccc3c(O)c(NC(=O)c4ccc(O)c(CC=C(C)C)c4)c(=O)oc3c2Cl)OC1(C)C.Cn1ccc(=Nc2ccc(NC(=O)c3ccc(N=c4ccn(C)c5ccc([N+](=O)[O-])cc45)cc3)cc2)cc1.O=C(Nc1cccc(-c2nc3ccccc3[nH]2)c1)c1ccc(C(=O)Nc2cccc(-c3nc4ccccc4[nH]3)c2)cc1.[HH].[HH].[HH].[HH].[HH]. The van der Waals surface area contributed by atoms with Crippen molar-refractivity contribution in [1.29, 1.82) is 0 Å². The summed E-state index contributed by atoms with van der Waals surface area (Å²) in [7, 11) is 5.21. The molecule has 1 aliphatic heterocycles. The molecule has 129 heavy (non-hydrogen) atoms. The number of aromatic nitrogens is 7. The number of allylic oxidation sites excluding steroid dienone is 2. The molecule has 1 aliphatic rings. The van der Waals surface area contributed by atoms with Gasteiger partial charge in [-0.05, 0) is 235 Å². The van der Waals surface area contributed by atoms with Crippen molar-refractivity contribution in [2.75, 3.05) is 28.4 Å². The van der Waals surface area contributed by atoms with Crippen LogP contribution in [0.1, 0.15) is 98.0 Å². The molecule has 10 N–H and O–H groups in total. The van der Waals surface area contributed by atoms with Gasteiger partial charge in [-0.25, -0.2) is 29.5 Å². The minimum Gasteiger partial charge on any atom is -0.508 e. The molecule has 16 aromatic rings. The fourth-order valence-corrected chi connectivity index (χ4v) is 14.6. The fraction of sp³-hybridized carbons (Fsp3) is 0.143. The van der Waals surface area contributed by atoms with Crippen molar-refractivity contribution in [3.05, 3.63) is 354 Å². The van der Waals surface area contributed by atoms with E-state index in [0.717, 1.165) is 72.7 Å². The molecule has 0 bridgehead atoms. The maximum absolute atomic E-state index is 13.1. The lowest BCUT2D eigenvalue weighted by Gasteiger charge is -2.47. The summed E-state index contributed by atoms with van der Waals surface area (Å²) in [6.45, 7) is 8.92. The number of esters is 1. The molecule has 7 heterocycles. The lowest BCUT2D eigenvalue weighted by molar-refractivity contribution is -0.384. The number of anilines is 4. The zero-order valence-corrected chi connectivity index (χ0v) is 71.4. The lowest BCUT2D eigenvalue weighted by atomic mass is 9.89. The summed E-state index contributed by atoms with van der Waals surface area (Å²) >= 11 is 6.58. The summed E-state index contributed by atoms with van der Waals surface area (Å²) in [5.41, 5.74) is 10.5. The highest BCUT2D eigenvalue weighted by Gasteiger charge is 2.53. The van der Waals surface area contributed by atoms with Crippen LogP contribution >= 0.6 is 11.6 Å². The number of para-hydroxylation sites is 4. The molecule has 1 fully saturated rings. The minimum absolute atomic E-state index is 0. The number of nitrogens with zero attached hydrogens (tertiary/aromatic N) is 7. The summed E-state index contributed by atoms with van der Waals surface area (Å²) in [6, 6.07) is 71.9. The van der Waals surface area contributed by atoms with Crippen LogP contribution in [0, 0.1) is 17.0 Å². The molecule has 17 rings (SSSR count). The first-order chi connectivity index (χ1) is 62.0. The van der Waals surface area contributed by atoms with Crippen LogP contribution in [0.15, 0.2) is 298 Å². The average Bonchev–Trinajstić information content (AvgIpc) is 1.03. The molecular weight excluding hydrogens is 1660 g/mol. The molecule has 1 saturated heterocycles. The molecule has 0 spiro atoms. The van der Waals surface area contributed by atoms with E-state index in [2.05, 4.69) is 56.2 Å². The topological polar surface area (TPSA) is 412 Å². The molecular formula is C98H95ClN14O16. The first-order valence-electron chi connectivity index (χ1n) is 40.5. The highest BCUT2D eigenvalue weighted by molar-refractivity contribution is 6.36. The van der Waals surface area contributed by atoms with Crippen molar-refractivity contribution < 1.29 is 74.7 Å². The Labute approximate surface area is 748 Å². The molecule has 0 saturated carbocycles. The number of nitro benzene ring substituents is 1. The number of imidazole rings is 2. The Morgan fingerprint density at radius 1 is 0.628 bits per heavy atom. The molecule has 10 aromatic carbocycles. The number of aromatic hydroxyl groups is 2. The van der Waals surface area contributed by atoms with Crippen LogP contribution in [0.25, 0.3) is 66.7 Å². The quantitative estimate of drug-likeness (QED) is 0.0111. The van der Waals surface area contributed by atoms with Gasteiger partial charge in [-0.2, -0.15) is 0 Å². The largest absolute Gasteiger partial charge is 0.508 e. The number of phenolic OH excluding ortho intramolecular Hbond substituents is 1. The number of carbonyl (C=O) groups excluding carboxylic acids is 5. The Morgan fingerprint density at radius 2 is 1.19 bits per heavy atom. The van der Waals surface area contributed by atoms with Crippen molar-refractivity contribution in [2.45, 2.75) is 71.2 Å². The van der Waals surface area contributed by atoms with Gasteiger partial charge in [0.1, 0.15) is 40.0 Å². The van der Waals surface area contributed by atoms with Crippen LogP contribution in [-0.4, -0.2) is 121 Å². The number of nitro groups is 1. The van der Waals surface area contributed by atoms with Gasteiger partial charge in [0.15, 0.2) is 29.2 Å². The van der Waals surface area contributed by atoms with Crippen molar-refractivity contribution in [3.8, 4) is 40.0 Å². The molecule has 0 radical (unpaired) electrons. The third-order valence-electron chi connectivity index (χ3n) is 21.1. The van der Waals surface area contributed by atoms with Crippen LogP contribution in [0.2, 0.25) is 5.02 Å². The summed E-state index contributed by atoms with van der Waals surface area (Å²) in [4.78, 5) is 117. The number of carbonyl (C=O) groups is 5. The normalized spacial score (nSPS) is 14.6. The second kappa shape index (κ2) is 38.1. The van der Waals surface area contributed by atoms with E-state index in [1.54, 1.807) is 93.6 Å². The van der Waals surface area contributed by atoms with E-state index in [-0.39, 0.29) is 69.3 Å². The van der Waals surface area contributed by atoms with Crippen molar-refractivity contribution in [1.82, 2.24) is 34.1 Å². The average molecular weight is 1760 g/mol. The van der Waals surface area contributed by atoms with E-state index in [4.69, 9.17) is 35.0 Å². The van der Waals surface area contributed by atoms with Crippen LogP contribution in [0.3, 0.4) is 0 Å². The molecule has 30 nitrogen and oxygen atoms in total. The first kappa shape index (κ1) is 87.7. The molecule has 31 heteroatoms. The minimum atomic E-state index is -1.56. The highest BCUT2D eigenvalue weighted by Crippen LogP contribution is 2.42. The van der Waals surface area contributed by atoms with Gasteiger partial charge in [0, 0.05) is 121 Å². The number of benzene rings is 10. The second-order valence-corrected chi connectivity index (χ2v) is 31.4. The van der Waals surface area contributed by atoms with Crippen LogP contribution in [0.5, 0.6) is 17.2 Å². The zero-order valence-electron chi connectivity index (χ0n) is 70.7. The van der Waals surface area contributed by atoms with Crippen LogP contribution in [0.4, 0.5) is 39.8 Å². The van der Waals surface area contributed by atoms with Gasteiger partial charge < -0.3 is 84.0 Å². The third kappa shape index (κ3) is 20.5. The molecule has 4 amide bonds. The summed E-state index contributed by atoms with van der Waals surface area (Å²) in [6.07, 6.45) is 2.85. The first-order valence-corrected chi connectivity index (χ1v) is 40.9. The number of nitrogens with one attached hydrogen (secondary N) is 7. The van der Waals surface area contributed by atoms with Gasteiger partial charge in [0.2, 0.25) is 6.29 Å².